The highest BCUT2D eigenvalue weighted by atomic mass is 35.5. The van der Waals surface area contributed by atoms with E-state index < -0.39 is 42.6 Å². The molecule has 4 N–H and O–H groups in total. The normalized spacial score (nSPS) is 11.7. The van der Waals surface area contributed by atoms with Crippen LogP contribution >= 0.6 is 12.4 Å². The zero-order valence-corrected chi connectivity index (χ0v) is 13.8. The molecule has 0 fully saturated rings. The highest BCUT2D eigenvalue weighted by Gasteiger charge is 2.18. The van der Waals surface area contributed by atoms with Crippen LogP contribution in [0.25, 0.3) is 0 Å². The zero-order valence-electron chi connectivity index (χ0n) is 13.0. The van der Waals surface area contributed by atoms with E-state index in [2.05, 4.69) is 15.4 Å². The molecule has 24 heavy (non-hydrogen) atoms. The number of hydrogen-bond acceptors (Lipinski definition) is 4. The molecule has 10 heteroatoms. The number of halogens is 4. The van der Waals surface area contributed by atoms with Crippen molar-refractivity contribution in [2.24, 2.45) is 11.7 Å². The van der Waals surface area contributed by atoms with E-state index in [9.17, 15) is 22.8 Å². The number of amides is 2. The summed E-state index contributed by atoms with van der Waals surface area (Å²) in [5.41, 5.74) is 5.47. The van der Waals surface area contributed by atoms with Crippen LogP contribution in [0.5, 0.6) is 5.75 Å². The van der Waals surface area contributed by atoms with Crippen LogP contribution in [0.4, 0.5) is 18.9 Å². The predicted molar refractivity (Wildman–Crippen MR) is 84.7 cm³/mol. The summed E-state index contributed by atoms with van der Waals surface area (Å²) in [7, 11) is 0. The number of hydrogen-bond donors (Lipinski definition) is 3. The number of carbonyl (C=O) groups excluding carboxylic acids is 2. The van der Waals surface area contributed by atoms with E-state index in [4.69, 9.17) is 5.73 Å². The van der Waals surface area contributed by atoms with Crippen molar-refractivity contribution < 1.29 is 27.5 Å². The van der Waals surface area contributed by atoms with Gasteiger partial charge in [0.25, 0.3) is 0 Å². The summed E-state index contributed by atoms with van der Waals surface area (Å²) < 4.78 is 41.7. The molecule has 1 aromatic rings. The molecule has 1 aromatic carbocycles. The Balaban J connectivity index is 0.00000529. The molecule has 0 aromatic heterocycles. The minimum Gasteiger partial charge on any atom is -0.432 e. The quantitative estimate of drug-likeness (QED) is 0.684. The fraction of sp³-hybridized carbons (Fsp3) is 0.429. The fourth-order valence-electron chi connectivity index (χ4n) is 1.58. The topological polar surface area (TPSA) is 93.5 Å². The summed E-state index contributed by atoms with van der Waals surface area (Å²) in [6, 6.07) is 1.99. The Kier molecular flexibility index (Phi) is 9.16. The molecule has 0 unspecified atom stereocenters. The Morgan fingerprint density at radius 3 is 2.46 bits per heavy atom. The van der Waals surface area contributed by atoms with Crippen LogP contribution < -0.4 is 21.1 Å². The van der Waals surface area contributed by atoms with Crippen molar-refractivity contribution in [3.63, 3.8) is 0 Å². The van der Waals surface area contributed by atoms with Gasteiger partial charge in [0.05, 0.1) is 18.3 Å². The van der Waals surface area contributed by atoms with Crippen LogP contribution in [0.2, 0.25) is 0 Å². The number of alkyl halides is 2. The van der Waals surface area contributed by atoms with E-state index >= 15 is 0 Å². The molecule has 6 nitrogen and oxygen atoms in total. The highest BCUT2D eigenvalue weighted by Crippen LogP contribution is 2.26. The van der Waals surface area contributed by atoms with E-state index in [1.165, 1.54) is 0 Å². The predicted octanol–water partition coefficient (Wildman–Crippen LogP) is 1.89. The number of rotatable bonds is 7. The minimum atomic E-state index is -3.17. The van der Waals surface area contributed by atoms with Crippen molar-refractivity contribution in [2.75, 3.05) is 11.9 Å². The lowest BCUT2D eigenvalue weighted by Gasteiger charge is -2.16. The van der Waals surface area contributed by atoms with Gasteiger partial charge in [0.15, 0.2) is 5.75 Å². The van der Waals surface area contributed by atoms with Gasteiger partial charge < -0.3 is 21.1 Å². The zero-order chi connectivity index (χ0) is 17.6. The molecule has 0 bridgehead atoms. The number of ether oxygens (including phenoxy) is 1. The molecule has 0 aliphatic heterocycles. The van der Waals surface area contributed by atoms with E-state index in [1.54, 1.807) is 13.8 Å². The van der Waals surface area contributed by atoms with Gasteiger partial charge in [0.1, 0.15) is 5.82 Å². The Morgan fingerprint density at radius 2 is 1.92 bits per heavy atom. The molecule has 0 heterocycles. The standard InChI is InChI=1S/C14H18F3N3O3.ClH/c1-7(2)12(18)13(22)19-6-11(21)20-9-4-3-8(15)5-10(9)23-14(16)17;/h3-5,7,12,14H,6,18H2,1-2H3,(H,19,22)(H,20,21);1H/t12-;/m0./s1. The third-order valence-electron chi connectivity index (χ3n) is 2.88. The van der Waals surface area contributed by atoms with Gasteiger partial charge >= 0.3 is 6.61 Å². The molecule has 0 saturated heterocycles. The van der Waals surface area contributed by atoms with Crippen molar-refractivity contribution >= 4 is 29.9 Å². The molecular weight excluding hydrogens is 351 g/mol. The first-order valence-electron chi connectivity index (χ1n) is 6.78. The van der Waals surface area contributed by atoms with Crippen molar-refractivity contribution in [1.82, 2.24) is 5.32 Å². The molecular formula is C14H19ClF3N3O3. The lowest BCUT2D eigenvalue weighted by Crippen LogP contribution is -2.46. The van der Waals surface area contributed by atoms with Crippen LogP contribution in [0.3, 0.4) is 0 Å². The number of nitrogens with two attached hydrogens (primary N) is 1. The largest absolute Gasteiger partial charge is 0.432 e. The molecule has 0 aliphatic rings. The summed E-state index contributed by atoms with van der Waals surface area (Å²) in [5, 5.41) is 4.56. The van der Waals surface area contributed by atoms with Crippen molar-refractivity contribution in [3.05, 3.63) is 24.0 Å². The van der Waals surface area contributed by atoms with Crippen molar-refractivity contribution in [1.29, 1.82) is 0 Å². The third-order valence-corrected chi connectivity index (χ3v) is 2.88. The number of anilines is 1. The Bertz CT molecular complexity index is 573. The van der Waals surface area contributed by atoms with Crippen LogP contribution in [-0.2, 0) is 9.59 Å². The first-order valence-corrected chi connectivity index (χ1v) is 6.78. The second kappa shape index (κ2) is 9.99. The third kappa shape index (κ3) is 7.05. The smallest absolute Gasteiger partial charge is 0.387 e. The van der Waals surface area contributed by atoms with E-state index in [1.807, 2.05) is 0 Å². The lowest BCUT2D eigenvalue weighted by molar-refractivity contribution is -0.125. The van der Waals surface area contributed by atoms with Gasteiger partial charge in [0.2, 0.25) is 11.8 Å². The van der Waals surface area contributed by atoms with Gasteiger partial charge in [-0.05, 0) is 18.1 Å². The maximum absolute atomic E-state index is 13.0. The van der Waals surface area contributed by atoms with Crippen LogP contribution in [0, 0.1) is 11.7 Å². The molecule has 1 atom stereocenters. The molecule has 0 aliphatic carbocycles. The van der Waals surface area contributed by atoms with Crippen molar-refractivity contribution in [2.45, 2.75) is 26.5 Å². The maximum atomic E-state index is 13.0. The monoisotopic (exact) mass is 369 g/mol. The summed E-state index contributed by atoms with van der Waals surface area (Å²) in [6.07, 6.45) is 0. The van der Waals surface area contributed by atoms with Crippen LogP contribution in [0.15, 0.2) is 18.2 Å². The van der Waals surface area contributed by atoms with Crippen LogP contribution in [0.1, 0.15) is 13.8 Å². The molecule has 136 valence electrons. The Morgan fingerprint density at radius 1 is 1.29 bits per heavy atom. The summed E-state index contributed by atoms with van der Waals surface area (Å²) in [4.78, 5) is 23.3. The Labute approximate surface area is 143 Å². The number of benzene rings is 1. The van der Waals surface area contributed by atoms with Gasteiger partial charge in [0, 0.05) is 6.07 Å². The van der Waals surface area contributed by atoms with Crippen LogP contribution in [-0.4, -0.2) is 31.0 Å². The number of carbonyl (C=O) groups is 2. The second-order valence-corrected chi connectivity index (χ2v) is 5.05. The first-order chi connectivity index (χ1) is 10.7. The minimum absolute atomic E-state index is 0. The average Bonchev–Trinajstić information content (AvgIpc) is 2.46. The Hall–Kier alpha value is -2.00. The van der Waals surface area contributed by atoms with Gasteiger partial charge in [-0.2, -0.15) is 8.78 Å². The van der Waals surface area contributed by atoms with Gasteiger partial charge in [-0.3, -0.25) is 9.59 Å². The summed E-state index contributed by atoms with van der Waals surface area (Å²) in [6.45, 7) is -0.0885. The average molecular weight is 370 g/mol. The lowest BCUT2D eigenvalue weighted by atomic mass is 10.1. The first kappa shape index (κ1) is 22.0. The highest BCUT2D eigenvalue weighted by molar-refractivity contribution is 5.96. The fourth-order valence-corrected chi connectivity index (χ4v) is 1.58. The van der Waals surface area contributed by atoms with Gasteiger partial charge in [-0.25, -0.2) is 4.39 Å². The SMILES string of the molecule is CC(C)[C@H](N)C(=O)NCC(=O)Nc1ccc(F)cc1OC(F)F.Cl. The maximum Gasteiger partial charge on any atom is 0.387 e. The van der Waals surface area contributed by atoms with E-state index in [0.29, 0.717) is 0 Å². The molecule has 0 saturated carbocycles. The van der Waals surface area contributed by atoms with Gasteiger partial charge in [-0.1, -0.05) is 13.8 Å². The van der Waals surface area contributed by atoms with E-state index in [0.717, 1.165) is 18.2 Å². The van der Waals surface area contributed by atoms with Crippen molar-refractivity contribution in [3.8, 4) is 5.75 Å². The molecule has 0 spiro atoms. The summed E-state index contributed by atoms with van der Waals surface area (Å²) >= 11 is 0. The molecule has 1 rings (SSSR count). The molecule has 2 amide bonds. The second-order valence-electron chi connectivity index (χ2n) is 5.05. The molecule has 0 radical (unpaired) electrons. The van der Waals surface area contributed by atoms with Gasteiger partial charge in [-0.15, -0.1) is 12.4 Å². The summed E-state index contributed by atoms with van der Waals surface area (Å²) in [5.74, 6) is -2.63. The number of nitrogens with one attached hydrogen (secondary N) is 2. The van der Waals surface area contributed by atoms with E-state index in [-0.39, 0.29) is 24.0 Å².